The highest BCUT2D eigenvalue weighted by molar-refractivity contribution is 5.85. The zero-order chi connectivity index (χ0) is 14.2. The summed E-state index contributed by atoms with van der Waals surface area (Å²) in [7, 11) is 0. The monoisotopic (exact) mass is 355 g/mol. The van der Waals surface area contributed by atoms with Crippen molar-refractivity contribution >= 4 is 35.8 Å². The summed E-state index contributed by atoms with van der Waals surface area (Å²) in [5.41, 5.74) is 1.68. The number of nitrogens with one attached hydrogen (secondary N) is 1. The lowest BCUT2D eigenvalue weighted by Gasteiger charge is -2.34. The number of hydrogen-bond acceptors (Lipinski definition) is 2. The number of rotatable bonds is 2. The minimum Gasteiger partial charge on any atom is -0.341 e. The minimum absolute atomic E-state index is 0. The number of aromatic amines is 1. The van der Waals surface area contributed by atoms with Crippen LogP contribution in [0.1, 0.15) is 31.1 Å². The molecule has 2 heterocycles. The van der Waals surface area contributed by atoms with Crippen LogP contribution < -0.4 is 0 Å². The molecule has 22 heavy (non-hydrogen) atoms. The fourth-order valence-corrected chi connectivity index (χ4v) is 2.85. The molecule has 1 atom stereocenters. The molecule has 1 aromatic heterocycles. The summed E-state index contributed by atoms with van der Waals surface area (Å²) in [5, 5.41) is 0. The first kappa shape index (κ1) is 19.1. The lowest BCUT2D eigenvalue weighted by atomic mass is 10.0. The van der Waals surface area contributed by atoms with Crippen molar-refractivity contribution < 1.29 is 13.2 Å². The van der Waals surface area contributed by atoms with Gasteiger partial charge < -0.3 is 4.98 Å². The van der Waals surface area contributed by atoms with Gasteiger partial charge in [-0.05, 0) is 31.5 Å². The molecular weight excluding hydrogens is 338 g/mol. The third kappa shape index (κ3) is 4.27. The largest absolute Gasteiger partial charge is 0.401 e. The highest BCUT2D eigenvalue weighted by Crippen LogP contribution is 2.32. The molecule has 0 amide bonds. The highest BCUT2D eigenvalue weighted by Gasteiger charge is 2.36. The maximum Gasteiger partial charge on any atom is 0.401 e. The van der Waals surface area contributed by atoms with Gasteiger partial charge in [-0.3, -0.25) is 4.90 Å². The van der Waals surface area contributed by atoms with E-state index in [1.165, 1.54) is 4.90 Å². The molecule has 1 aliphatic heterocycles. The van der Waals surface area contributed by atoms with Crippen molar-refractivity contribution in [2.75, 3.05) is 13.1 Å². The average Bonchev–Trinajstić information content (AvgIpc) is 2.81. The molecule has 0 saturated carbocycles. The van der Waals surface area contributed by atoms with Crippen LogP contribution in [0.15, 0.2) is 24.3 Å². The van der Waals surface area contributed by atoms with Gasteiger partial charge in [0, 0.05) is 0 Å². The summed E-state index contributed by atoms with van der Waals surface area (Å²) in [5.74, 6) is 0.648. The number of imidazole rings is 1. The molecule has 1 N–H and O–H groups in total. The Morgan fingerprint density at radius 1 is 1.18 bits per heavy atom. The van der Waals surface area contributed by atoms with Gasteiger partial charge in [-0.25, -0.2) is 4.98 Å². The van der Waals surface area contributed by atoms with Crippen LogP contribution in [-0.4, -0.2) is 34.1 Å². The Morgan fingerprint density at radius 3 is 2.59 bits per heavy atom. The summed E-state index contributed by atoms with van der Waals surface area (Å²) in [4.78, 5) is 9.10. The van der Waals surface area contributed by atoms with Gasteiger partial charge in [0.15, 0.2) is 0 Å². The van der Waals surface area contributed by atoms with E-state index >= 15 is 0 Å². The fourth-order valence-electron chi connectivity index (χ4n) is 2.85. The Kier molecular flexibility index (Phi) is 6.52. The van der Waals surface area contributed by atoms with E-state index in [-0.39, 0.29) is 30.9 Å². The maximum atomic E-state index is 12.7. The van der Waals surface area contributed by atoms with Crippen LogP contribution in [0.3, 0.4) is 0 Å². The van der Waals surface area contributed by atoms with Gasteiger partial charge in [0.2, 0.25) is 0 Å². The highest BCUT2D eigenvalue weighted by atomic mass is 35.5. The molecule has 1 aromatic carbocycles. The second-order valence-electron chi connectivity index (χ2n) is 5.24. The molecule has 0 radical (unpaired) electrons. The van der Waals surface area contributed by atoms with E-state index in [0.717, 1.165) is 30.3 Å². The van der Waals surface area contributed by atoms with Crippen LogP contribution in [0.2, 0.25) is 0 Å². The second kappa shape index (κ2) is 7.53. The molecule has 1 saturated heterocycles. The molecule has 1 aliphatic rings. The van der Waals surface area contributed by atoms with Gasteiger partial charge in [-0.1, -0.05) is 18.6 Å². The molecule has 2 aromatic rings. The Hall–Kier alpha value is -0.980. The van der Waals surface area contributed by atoms with Gasteiger partial charge in [-0.15, -0.1) is 24.8 Å². The average molecular weight is 356 g/mol. The minimum atomic E-state index is -4.17. The lowest BCUT2D eigenvalue weighted by Crippen LogP contribution is -2.40. The molecular formula is C14H18Cl2F3N3. The number of aromatic nitrogens is 2. The number of likely N-dealkylation sites (tertiary alicyclic amines) is 1. The SMILES string of the molecule is Cl.Cl.FC(F)(F)CN1CCCC[C@H]1c1nc2ccccc2[nH]1. The lowest BCUT2D eigenvalue weighted by molar-refractivity contribution is -0.154. The number of para-hydroxylation sites is 2. The number of benzene rings is 1. The van der Waals surface area contributed by atoms with Crippen molar-refractivity contribution in [3.05, 3.63) is 30.1 Å². The smallest absolute Gasteiger partial charge is 0.341 e. The van der Waals surface area contributed by atoms with E-state index in [1.54, 1.807) is 0 Å². The summed E-state index contributed by atoms with van der Waals surface area (Å²) in [6.07, 6.45) is -1.69. The Bertz CT molecular complexity index is 567. The van der Waals surface area contributed by atoms with Crippen LogP contribution >= 0.6 is 24.8 Å². The van der Waals surface area contributed by atoms with E-state index in [1.807, 2.05) is 24.3 Å². The first-order valence-corrected chi connectivity index (χ1v) is 6.78. The molecule has 3 nitrogen and oxygen atoms in total. The predicted molar refractivity (Wildman–Crippen MR) is 84.8 cm³/mol. The number of hydrogen-bond donors (Lipinski definition) is 1. The van der Waals surface area contributed by atoms with Crippen molar-refractivity contribution in [2.24, 2.45) is 0 Å². The van der Waals surface area contributed by atoms with Crippen molar-refractivity contribution in [1.29, 1.82) is 0 Å². The summed E-state index contributed by atoms with van der Waals surface area (Å²) < 4.78 is 38.0. The molecule has 0 spiro atoms. The van der Waals surface area contributed by atoms with Crippen LogP contribution in [0.25, 0.3) is 11.0 Å². The molecule has 0 bridgehead atoms. The van der Waals surface area contributed by atoms with Crippen molar-refractivity contribution in [2.45, 2.75) is 31.5 Å². The number of nitrogens with zero attached hydrogens (tertiary/aromatic N) is 2. The third-order valence-corrected chi connectivity index (χ3v) is 3.72. The normalized spacial score (nSPS) is 19.5. The Balaban J connectivity index is 0.00000121. The number of halogens is 5. The topological polar surface area (TPSA) is 31.9 Å². The zero-order valence-corrected chi connectivity index (χ0v) is 13.4. The number of piperidine rings is 1. The van der Waals surface area contributed by atoms with Gasteiger partial charge in [0.1, 0.15) is 5.82 Å². The number of H-pyrrole nitrogens is 1. The van der Waals surface area contributed by atoms with Gasteiger partial charge in [0.05, 0.1) is 23.6 Å². The van der Waals surface area contributed by atoms with Gasteiger partial charge >= 0.3 is 6.18 Å². The standard InChI is InChI=1S/C14H16F3N3.2ClH/c15-14(16,17)9-20-8-4-3-7-12(20)13-18-10-5-1-2-6-11(10)19-13;;/h1-2,5-6,12H,3-4,7-9H2,(H,18,19);2*1H/t12-;;/m0../s1. The molecule has 0 unspecified atom stereocenters. The summed E-state index contributed by atoms with van der Waals surface area (Å²) in [6.45, 7) is -0.393. The zero-order valence-electron chi connectivity index (χ0n) is 11.8. The summed E-state index contributed by atoms with van der Waals surface area (Å²) >= 11 is 0. The van der Waals surface area contributed by atoms with Crippen molar-refractivity contribution in [3.8, 4) is 0 Å². The predicted octanol–water partition coefficient (Wildman–Crippen LogP) is 4.50. The van der Waals surface area contributed by atoms with Gasteiger partial charge in [0.25, 0.3) is 0 Å². The number of alkyl halides is 3. The third-order valence-electron chi connectivity index (χ3n) is 3.72. The maximum absolute atomic E-state index is 12.7. The van der Waals surface area contributed by atoms with E-state index < -0.39 is 12.7 Å². The van der Waals surface area contributed by atoms with E-state index in [0.29, 0.717) is 12.4 Å². The quantitative estimate of drug-likeness (QED) is 0.860. The molecule has 1 fully saturated rings. The molecule has 8 heteroatoms. The molecule has 0 aliphatic carbocycles. The molecule has 124 valence electrons. The van der Waals surface area contributed by atoms with Crippen LogP contribution in [0.5, 0.6) is 0 Å². The molecule has 3 rings (SSSR count). The fraction of sp³-hybridized carbons (Fsp3) is 0.500. The van der Waals surface area contributed by atoms with E-state index in [2.05, 4.69) is 9.97 Å². The number of fused-ring (bicyclic) bond motifs is 1. The second-order valence-corrected chi connectivity index (χ2v) is 5.24. The Labute approximate surface area is 139 Å². The van der Waals surface area contributed by atoms with E-state index in [9.17, 15) is 13.2 Å². The Morgan fingerprint density at radius 2 is 1.91 bits per heavy atom. The van der Waals surface area contributed by atoms with Crippen molar-refractivity contribution in [1.82, 2.24) is 14.9 Å². The van der Waals surface area contributed by atoms with Gasteiger partial charge in [-0.2, -0.15) is 13.2 Å². The first-order chi connectivity index (χ1) is 9.53. The first-order valence-electron chi connectivity index (χ1n) is 6.78. The van der Waals surface area contributed by atoms with Crippen molar-refractivity contribution in [3.63, 3.8) is 0 Å². The van der Waals surface area contributed by atoms with E-state index in [4.69, 9.17) is 0 Å². The van der Waals surface area contributed by atoms with Crippen LogP contribution in [0, 0.1) is 0 Å². The van der Waals surface area contributed by atoms with Crippen LogP contribution in [-0.2, 0) is 0 Å². The van der Waals surface area contributed by atoms with Crippen LogP contribution in [0.4, 0.5) is 13.2 Å². The summed E-state index contributed by atoms with van der Waals surface area (Å²) in [6, 6.07) is 7.26.